The predicted molar refractivity (Wildman–Crippen MR) is 127 cm³/mol. The van der Waals surface area contributed by atoms with Crippen molar-refractivity contribution < 1.29 is 15.0 Å². The average molecular weight is 444 g/mol. The minimum atomic E-state index is -0.287. The fourth-order valence-corrected chi connectivity index (χ4v) is 9.55. The van der Waals surface area contributed by atoms with Crippen LogP contribution in [0.1, 0.15) is 79.1 Å². The van der Waals surface area contributed by atoms with Crippen molar-refractivity contribution in [2.45, 2.75) is 97.3 Å². The zero-order valence-electron chi connectivity index (χ0n) is 20.9. The average Bonchev–Trinajstić information content (AvgIpc) is 3.09. The highest BCUT2D eigenvalue weighted by atomic mass is 16.3. The van der Waals surface area contributed by atoms with E-state index in [9.17, 15) is 15.0 Å². The van der Waals surface area contributed by atoms with Crippen molar-refractivity contribution in [3.63, 3.8) is 0 Å². The Balaban J connectivity index is 1.41. The Bertz CT molecular complexity index is 780. The number of carbonyl (C=O) groups excluding carboxylic acids is 1. The van der Waals surface area contributed by atoms with E-state index in [1.54, 1.807) is 11.1 Å². The van der Waals surface area contributed by atoms with E-state index in [4.69, 9.17) is 0 Å². The molecule has 0 unspecified atom stereocenters. The number of hydrogen-bond donors (Lipinski definition) is 2. The first-order valence-corrected chi connectivity index (χ1v) is 13.4. The number of Topliss-reactive ketones (excluding diaryl/α,β-unsaturated/α-hetero) is 1. The lowest BCUT2D eigenvalue weighted by Crippen LogP contribution is -2.54. The van der Waals surface area contributed by atoms with Crippen LogP contribution in [0.4, 0.5) is 0 Å². The van der Waals surface area contributed by atoms with Crippen LogP contribution in [0.2, 0.25) is 0 Å². The molecule has 0 aromatic heterocycles. The van der Waals surface area contributed by atoms with E-state index in [1.165, 1.54) is 19.3 Å². The van der Waals surface area contributed by atoms with Gasteiger partial charge >= 0.3 is 0 Å². The van der Waals surface area contributed by atoms with Gasteiger partial charge in [-0.25, -0.2) is 0 Å². The van der Waals surface area contributed by atoms with Crippen LogP contribution in [0, 0.1) is 46.8 Å². The first-order chi connectivity index (χ1) is 15.1. The van der Waals surface area contributed by atoms with Gasteiger partial charge in [-0.15, -0.1) is 0 Å². The maximum atomic E-state index is 13.2. The highest BCUT2D eigenvalue weighted by Gasteiger charge is 2.59. The SMILES string of the molecule is CC1=C2C[C@H]3[C@@H](CC(=O)[C@H]4C[C@@H](O)CC[C@@]43C)[C@@H]2CC[C@@H]1[C@@H](C)[C@@H]1[C@@H](O)C[C@@H](C)CN1C. The molecule has 4 heteroatoms. The van der Waals surface area contributed by atoms with Crippen molar-refractivity contribution >= 4 is 5.78 Å². The number of likely N-dealkylation sites (N-methyl/N-ethyl adjacent to an activating group) is 1. The molecule has 0 aromatic rings. The molecule has 32 heavy (non-hydrogen) atoms. The van der Waals surface area contributed by atoms with Crippen LogP contribution in [-0.2, 0) is 4.79 Å². The highest BCUT2D eigenvalue weighted by molar-refractivity contribution is 5.83. The van der Waals surface area contributed by atoms with Gasteiger partial charge in [-0.3, -0.25) is 4.79 Å². The van der Waals surface area contributed by atoms with E-state index in [0.717, 1.165) is 32.2 Å². The summed E-state index contributed by atoms with van der Waals surface area (Å²) >= 11 is 0. The summed E-state index contributed by atoms with van der Waals surface area (Å²) in [7, 11) is 2.20. The van der Waals surface area contributed by atoms with Gasteiger partial charge in [-0.2, -0.15) is 0 Å². The molecule has 0 amide bonds. The number of aliphatic hydroxyl groups excluding tert-OH is 2. The molecule has 11 atom stereocenters. The second-order valence-electron chi connectivity index (χ2n) is 12.8. The van der Waals surface area contributed by atoms with Crippen LogP contribution >= 0.6 is 0 Å². The van der Waals surface area contributed by atoms with Gasteiger partial charge in [0, 0.05) is 24.9 Å². The van der Waals surface area contributed by atoms with E-state index < -0.39 is 0 Å². The molecule has 1 aliphatic heterocycles. The zero-order chi connectivity index (χ0) is 22.9. The summed E-state index contributed by atoms with van der Waals surface area (Å²) in [5.74, 6) is 3.77. The van der Waals surface area contributed by atoms with E-state index in [2.05, 4.69) is 39.6 Å². The van der Waals surface area contributed by atoms with Gasteiger partial charge in [0.1, 0.15) is 5.78 Å². The number of fused-ring (bicyclic) bond motifs is 5. The lowest BCUT2D eigenvalue weighted by molar-refractivity contribution is -0.145. The Morgan fingerprint density at radius 1 is 1.12 bits per heavy atom. The summed E-state index contributed by atoms with van der Waals surface area (Å²) in [6.45, 7) is 10.5. The van der Waals surface area contributed by atoms with Gasteiger partial charge in [-0.05, 0) is 99.8 Å². The summed E-state index contributed by atoms with van der Waals surface area (Å²) in [5, 5.41) is 21.2. The number of ketones is 1. The van der Waals surface area contributed by atoms with Crippen LogP contribution in [0.5, 0.6) is 0 Å². The third kappa shape index (κ3) is 3.46. The lowest BCUT2D eigenvalue weighted by atomic mass is 9.51. The molecule has 3 saturated carbocycles. The summed E-state index contributed by atoms with van der Waals surface area (Å²) in [6.07, 6.45) is 7.26. The number of carbonyl (C=O) groups is 1. The fourth-order valence-electron chi connectivity index (χ4n) is 9.55. The fraction of sp³-hybridized carbons (Fsp3) is 0.893. The third-order valence-corrected chi connectivity index (χ3v) is 11.1. The number of likely N-dealkylation sites (tertiary alicyclic amines) is 1. The van der Waals surface area contributed by atoms with Crippen LogP contribution < -0.4 is 0 Å². The molecule has 0 bridgehead atoms. The van der Waals surface area contributed by atoms with Gasteiger partial charge in [-0.1, -0.05) is 31.9 Å². The smallest absolute Gasteiger partial charge is 0.136 e. The van der Waals surface area contributed by atoms with E-state index in [-0.39, 0.29) is 29.6 Å². The zero-order valence-corrected chi connectivity index (χ0v) is 20.9. The third-order valence-electron chi connectivity index (χ3n) is 11.1. The molecule has 0 spiro atoms. The standard InChI is InChI=1S/C28H45NO3/c1-15-10-26(32)27(29(5)14-15)17(3)19-6-7-20-21(16(19)2)12-23-22(20)13-25(31)24-11-18(30)8-9-28(23,24)4/h15,17-20,22-24,26-27,30,32H,6-14H2,1-5H3/t15-,17-,18+,19+,20-,22+,23+,24-,26+,27-,28-/m1/s1. The van der Waals surface area contributed by atoms with Gasteiger partial charge in [0.15, 0.2) is 0 Å². The normalized spacial score (nSPS) is 50.6. The Hall–Kier alpha value is -0.710. The summed E-state index contributed by atoms with van der Waals surface area (Å²) in [5.41, 5.74) is 3.33. The van der Waals surface area contributed by atoms with Gasteiger partial charge < -0.3 is 15.1 Å². The molecule has 4 nitrogen and oxygen atoms in total. The molecule has 5 aliphatic rings. The van der Waals surface area contributed by atoms with Crippen LogP contribution in [0.15, 0.2) is 11.1 Å². The number of allylic oxidation sites excluding steroid dienone is 2. The monoisotopic (exact) mass is 443 g/mol. The molecular weight excluding hydrogens is 398 g/mol. The van der Waals surface area contributed by atoms with Crippen molar-refractivity contribution in [2.24, 2.45) is 46.8 Å². The predicted octanol–water partition coefficient (Wildman–Crippen LogP) is 4.44. The molecule has 1 saturated heterocycles. The summed E-state index contributed by atoms with van der Waals surface area (Å²) in [6, 6.07) is 0.246. The number of hydrogen-bond acceptors (Lipinski definition) is 4. The van der Waals surface area contributed by atoms with Crippen molar-refractivity contribution in [2.75, 3.05) is 13.6 Å². The second kappa shape index (κ2) is 8.20. The van der Waals surface area contributed by atoms with Gasteiger partial charge in [0.2, 0.25) is 0 Å². The van der Waals surface area contributed by atoms with Crippen LogP contribution in [0.25, 0.3) is 0 Å². The lowest BCUT2D eigenvalue weighted by Gasteiger charge is -2.52. The minimum absolute atomic E-state index is 0.0660. The molecule has 180 valence electrons. The maximum Gasteiger partial charge on any atom is 0.136 e. The van der Waals surface area contributed by atoms with Crippen LogP contribution in [0.3, 0.4) is 0 Å². The topological polar surface area (TPSA) is 60.8 Å². The minimum Gasteiger partial charge on any atom is -0.393 e. The molecule has 4 fully saturated rings. The molecule has 1 heterocycles. The van der Waals surface area contributed by atoms with Crippen LogP contribution in [-0.4, -0.2) is 52.7 Å². The number of aliphatic hydroxyl groups is 2. The van der Waals surface area contributed by atoms with Gasteiger partial charge in [0.25, 0.3) is 0 Å². The number of piperidine rings is 1. The second-order valence-corrected chi connectivity index (χ2v) is 12.8. The number of nitrogens with zero attached hydrogens (tertiary/aromatic N) is 1. The Morgan fingerprint density at radius 2 is 1.88 bits per heavy atom. The Labute approximate surface area is 194 Å². The first kappa shape index (κ1) is 23.1. The molecule has 4 aliphatic carbocycles. The van der Waals surface area contributed by atoms with Crippen molar-refractivity contribution in [1.29, 1.82) is 0 Å². The highest BCUT2D eigenvalue weighted by Crippen LogP contribution is 2.64. The van der Waals surface area contributed by atoms with E-state index >= 15 is 0 Å². The summed E-state index contributed by atoms with van der Waals surface area (Å²) in [4.78, 5) is 15.6. The van der Waals surface area contributed by atoms with E-state index in [1.807, 2.05) is 0 Å². The Kier molecular flexibility index (Phi) is 5.91. The molecule has 5 rings (SSSR count). The molecule has 2 N–H and O–H groups in total. The van der Waals surface area contributed by atoms with E-state index in [0.29, 0.717) is 47.7 Å². The van der Waals surface area contributed by atoms with Crippen molar-refractivity contribution in [3.8, 4) is 0 Å². The maximum absolute atomic E-state index is 13.2. The first-order valence-electron chi connectivity index (χ1n) is 13.4. The quantitative estimate of drug-likeness (QED) is 0.620. The molecule has 0 aromatic carbocycles. The Morgan fingerprint density at radius 3 is 2.59 bits per heavy atom. The largest absolute Gasteiger partial charge is 0.393 e. The molecule has 0 radical (unpaired) electrons. The molecular formula is C28H45NO3. The van der Waals surface area contributed by atoms with Gasteiger partial charge in [0.05, 0.1) is 12.2 Å². The summed E-state index contributed by atoms with van der Waals surface area (Å²) < 4.78 is 0. The van der Waals surface area contributed by atoms with Crippen molar-refractivity contribution in [1.82, 2.24) is 4.90 Å². The van der Waals surface area contributed by atoms with Crippen molar-refractivity contribution in [3.05, 3.63) is 11.1 Å². The number of rotatable bonds is 2.